The number of ether oxygens (including phenoxy) is 1. The van der Waals surface area contributed by atoms with Crippen LogP contribution in [0.25, 0.3) is 0 Å². The highest BCUT2D eigenvalue weighted by Gasteiger charge is 2.32. The lowest BCUT2D eigenvalue weighted by Crippen LogP contribution is -2.34. The Morgan fingerprint density at radius 3 is 2.03 bits per heavy atom. The van der Waals surface area contributed by atoms with Crippen molar-refractivity contribution in [2.24, 2.45) is 0 Å². The summed E-state index contributed by atoms with van der Waals surface area (Å²) < 4.78 is 5.63. The van der Waals surface area contributed by atoms with Gasteiger partial charge in [0.1, 0.15) is 0 Å². The zero-order valence-electron chi connectivity index (χ0n) is 16.5. The highest BCUT2D eigenvalue weighted by molar-refractivity contribution is 6.19. The van der Waals surface area contributed by atoms with E-state index in [-0.39, 0.29) is 36.1 Å². The van der Waals surface area contributed by atoms with Crippen molar-refractivity contribution >= 4 is 29.4 Å². The predicted octanol–water partition coefficient (Wildman–Crippen LogP) is 2.86. The predicted molar refractivity (Wildman–Crippen MR) is 109 cm³/mol. The first kappa shape index (κ1) is 19.8. The molecule has 30 heavy (non-hydrogen) atoms. The van der Waals surface area contributed by atoms with Gasteiger partial charge in [0.05, 0.1) is 11.3 Å². The number of rotatable bonds is 5. The number of carbonyl (C=O) groups excluding carboxylic acids is 4. The lowest BCUT2D eigenvalue weighted by atomic mass is 10.1. The third-order valence-corrected chi connectivity index (χ3v) is 5.38. The Morgan fingerprint density at radius 1 is 0.833 bits per heavy atom. The molecule has 0 unspecified atom stereocenters. The molecule has 2 heterocycles. The molecule has 7 nitrogen and oxygen atoms in total. The van der Waals surface area contributed by atoms with Gasteiger partial charge in [-0.3, -0.25) is 19.3 Å². The SMILES string of the molecule is O=C(O[C@@H](C(=O)N1CCCC1)c1ccccc1)c1ccc(N2C(=O)CCC2=O)cc1. The van der Waals surface area contributed by atoms with Gasteiger partial charge < -0.3 is 9.64 Å². The molecule has 2 aliphatic rings. The summed E-state index contributed by atoms with van der Waals surface area (Å²) in [6, 6.07) is 15.0. The number of carbonyl (C=O) groups is 4. The Labute approximate surface area is 174 Å². The number of esters is 1. The highest BCUT2D eigenvalue weighted by Crippen LogP contribution is 2.26. The van der Waals surface area contributed by atoms with Gasteiger partial charge in [0.15, 0.2) is 0 Å². The molecule has 2 aromatic rings. The van der Waals surface area contributed by atoms with Crippen LogP contribution in [0.5, 0.6) is 0 Å². The molecule has 1 atom stereocenters. The van der Waals surface area contributed by atoms with Gasteiger partial charge in [-0.2, -0.15) is 0 Å². The number of anilines is 1. The molecule has 2 fully saturated rings. The lowest BCUT2D eigenvalue weighted by Gasteiger charge is -2.23. The molecule has 2 aromatic carbocycles. The van der Waals surface area contributed by atoms with Gasteiger partial charge in [0.2, 0.25) is 17.9 Å². The number of imide groups is 1. The molecule has 0 aliphatic carbocycles. The Bertz CT molecular complexity index is 949. The van der Waals surface area contributed by atoms with Gasteiger partial charge in [-0.25, -0.2) is 4.79 Å². The summed E-state index contributed by atoms with van der Waals surface area (Å²) in [5, 5.41) is 0. The van der Waals surface area contributed by atoms with Crippen LogP contribution in [-0.2, 0) is 19.1 Å². The van der Waals surface area contributed by atoms with E-state index in [2.05, 4.69) is 0 Å². The molecule has 0 N–H and O–H groups in total. The van der Waals surface area contributed by atoms with Crippen molar-refractivity contribution in [2.45, 2.75) is 31.8 Å². The van der Waals surface area contributed by atoms with Crippen LogP contribution in [-0.4, -0.2) is 41.7 Å². The van der Waals surface area contributed by atoms with Crippen molar-refractivity contribution < 1.29 is 23.9 Å². The fraction of sp³-hybridized carbons (Fsp3) is 0.304. The fourth-order valence-corrected chi connectivity index (χ4v) is 3.78. The van der Waals surface area contributed by atoms with Crippen LogP contribution in [0.1, 0.15) is 47.7 Å². The zero-order chi connectivity index (χ0) is 21.1. The first-order valence-electron chi connectivity index (χ1n) is 10.0. The van der Waals surface area contributed by atoms with Crippen LogP contribution < -0.4 is 4.90 Å². The summed E-state index contributed by atoms with van der Waals surface area (Å²) in [6.07, 6.45) is 1.26. The van der Waals surface area contributed by atoms with E-state index in [1.807, 2.05) is 6.07 Å². The standard InChI is InChI=1S/C23H22N2O5/c26-19-12-13-20(27)25(19)18-10-8-17(9-11-18)23(29)30-21(16-6-2-1-3-7-16)22(28)24-14-4-5-15-24/h1-3,6-11,21H,4-5,12-15H2/t21-/m1/s1. The molecule has 0 aromatic heterocycles. The zero-order valence-corrected chi connectivity index (χ0v) is 16.5. The van der Waals surface area contributed by atoms with Crippen LogP contribution in [0.3, 0.4) is 0 Å². The van der Waals surface area contributed by atoms with Crippen LogP contribution >= 0.6 is 0 Å². The third kappa shape index (κ3) is 3.96. The summed E-state index contributed by atoms with van der Waals surface area (Å²) >= 11 is 0. The summed E-state index contributed by atoms with van der Waals surface area (Å²) in [4.78, 5) is 52.4. The number of amides is 3. The van der Waals surface area contributed by atoms with Gasteiger partial charge >= 0.3 is 5.97 Å². The quantitative estimate of drug-likeness (QED) is 0.563. The van der Waals surface area contributed by atoms with E-state index < -0.39 is 12.1 Å². The second kappa shape index (κ2) is 8.49. The molecule has 0 radical (unpaired) electrons. The molecule has 0 spiro atoms. The van der Waals surface area contributed by atoms with Crippen molar-refractivity contribution in [3.8, 4) is 0 Å². The van der Waals surface area contributed by atoms with Crippen molar-refractivity contribution in [3.63, 3.8) is 0 Å². The second-order valence-corrected chi connectivity index (χ2v) is 7.40. The number of benzene rings is 2. The Hall–Kier alpha value is -3.48. The smallest absolute Gasteiger partial charge is 0.339 e. The van der Waals surface area contributed by atoms with E-state index in [9.17, 15) is 19.2 Å². The van der Waals surface area contributed by atoms with E-state index in [4.69, 9.17) is 4.74 Å². The number of likely N-dealkylation sites (tertiary alicyclic amines) is 1. The minimum atomic E-state index is -1.02. The number of hydrogen-bond donors (Lipinski definition) is 0. The van der Waals surface area contributed by atoms with E-state index in [1.165, 1.54) is 24.3 Å². The first-order valence-corrected chi connectivity index (χ1v) is 10.0. The summed E-state index contributed by atoms with van der Waals surface area (Å²) in [7, 11) is 0. The molecule has 2 saturated heterocycles. The summed E-state index contributed by atoms with van der Waals surface area (Å²) in [6.45, 7) is 1.32. The van der Waals surface area contributed by atoms with E-state index in [0.29, 0.717) is 24.3 Å². The monoisotopic (exact) mass is 406 g/mol. The van der Waals surface area contributed by atoms with Gasteiger partial charge in [0.25, 0.3) is 5.91 Å². The largest absolute Gasteiger partial charge is 0.444 e. The van der Waals surface area contributed by atoms with Crippen LogP contribution in [0.15, 0.2) is 54.6 Å². The molecule has 0 saturated carbocycles. The molecule has 0 bridgehead atoms. The highest BCUT2D eigenvalue weighted by atomic mass is 16.5. The van der Waals surface area contributed by atoms with Crippen LogP contribution in [0.2, 0.25) is 0 Å². The van der Waals surface area contributed by atoms with Crippen LogP contribution in [0, 0.1) is 0 Å². The van der Waals surface area contributed by atoms with Crippen LogP contribution in [0.4, 0.5) is 5.69 Å². The maximum Gasteiger partial charge on any atom is 0.339 e. The number of nitrogens with zero attached hydrogens (tertiary/aromatic N) is 2. The summed E-state index contributed by atoms with van der Waals surface area (Å²) in [5.41, 5.74) is 1.28. The first-order chi connectivity index (χ1) is 14.5. The Balaban J connectivity index is 1.53. The Kier molecular flexibility index (Phi) is 5.61. The van der Waals surface area contributed by atoms with Crippen molar-refractivity contribution in [1.82, 2.24) is 4.90 Å². The van der Waals surface area contributed by atoms with Crippen molar-refractivity contribution in [2.75, 3.05) is 18.0 Å². The maximum atomic E-state index is 13.0. The molecule has 154 valence electrons. The average Bonchev–Trinajstić information content (AvgIpc) is 3.42. The molecule has 2 aliphatic heterocycles. The normalized spacial score (nSPS) is 17.3. The topological polar surface area (TPSA) is 84.0 Å². The molecular weight excluding hydrogens is 384 g/mol. The minimum absolute atomic E-state index is 0.194. The lowest BCUT2D eigenvalue weighted by molar-refractivity contribution is -0.140. The van der Waals surface area contributed by atoms with Gasteiger partial charge in [-0.1, -0.05) is 30.3 Å². The summed E-state index contributed by atoms with van der Waals surface area (Å²) in [5.74, 6) is -1.37. The second-order valence-electron chi connectivity index (χ2n) is 7.40. The molecule has 3 amide bonds. The van der Waals surface area contributed by atoms with Gasteiger partial charge in [-0.15, -0.1) is 0 Å². The van der Waals surface area contributed by atoms with Crippen molar-refractivity contribution in [1.29, 1.82) is 0 Å². The Morgan fingerprint density at radius 2 is 1.43 bits per heavy atom. The molecule has 4 rings (SSSR count). The molecular formula is C23H22N2O5. The molecule has 7 heteroatoms. The maximum absolute atomic E-state index is 13.0. The minimum Gasteiger partial charge on any atom is -0.444 e. The average molecular weight is 406 g/mol. The number of hydrogen-bond acceptors (Lipinski definition) is 5. The fourth-order valence-electron chi connectivity index (χ4n) is 3.78. The third-order valence-electron chi connectivity index (χ3n) is 5.38. The van der Waals surface area contributed by atoms with E-state index in [0.717, 1.165) is 17.7 Å². The van der Waals surface area contributed by atoms with Gasteiger partial charge in [0, 0.05) is 31.5 Å². The van der Waals surface area contributed by atoms with E-state index in [1.54, 1.807) is 29.2 Å². The van der Waals surface area contributed by atoms with Gasteiger partial charge in [-0.05, 0) is 37.1 Å². The van der Waals surface area contributed by atoms with Crippen molar-refractivity contribution in [3.05, 3.63) is 65.7 Å². The van der Waals surface area contributed by atoms with E-state index >= 15 is 0 Å².